The highest BCUT2D eigenvalue weighted by Gasteiger charge is 2.32. The van der Waals surface area contributed by atoms with Crippen LogP contribution >= 0.6 is 11.6 Å². The van der Waals surface area contributed by atoms with Crippen molar-refractivity contribution in [3.05, 3.63) is 11.6 Å². The first-order chi connectivity index (χ1) is 6.10. The van der Waals surface area contributed by atoms with Gasteiger partial charge in [0.15, 0.2) is 0 Å². The van der Waals surface area contributed by atoms with Crippen molar-refractivity contribution >= 4 is 11.6 Å². The lowest BCUT2D eigenvalue weighted by Gasteiger charge is -2.36. The first-order valence-corrected chi connectivity index (χ1v) is 5.81. The maximum absolute atomic E-state index is 6.46. The molecule has 0 aliphatic rings. The molecule has 0 nitrogen and oxygen atoms in total. The van der Waals surface area contributed by atoms with Gasteiger partial charge >= 0.3 is 0 Å². The number of allylic oxidation sites excluding steroid dienone is 2. The molecule has 0 rings (SSSR count). The Labute approximate surface area is 94.7 Å². The maximum atomic E-state index is 6.46. The minimum atomic E-state index is 0.145. The molecule has 1 atom stereocenters. The molecule has 84 valence electrons. The zero-order valence-corrected chi connectivity index (χ0v) is 11.5. The molecule has 0 fully saturated rings. The molecular formula is C13H25Cl. The Morgan fingerprint density at radius 2 is 1.64 bits per heavy atom. The van der Waals surface area contributed by atoms with Gasteiger partial charge in [-0.05, 0) is 31.1 Å². The van der Waals surface area contributed by atoms with E-state index in [2.05, 4.69) is 54.5 Å². The second-order valence-electron chi connectivity index (χ2n) is 6.12. The second kappa shape index (κ2) is 4.70. The molecule has 0 aliphatic carbocycles. The molecule has 1 unspecified atom stereocenters. The zero-order chi connectivity index (χ0) is 11.6. The van der Waals surface area contributed by atoms with E-state index in [1.807, 2.05) is 0 Å². The molecule has 0 aromatic carbocycles. The molecule has 0 spiro atoms. The Bertz CT molecular complexity index is 206. The Balaban J connectivity index is 4.62. The molecule has 0 radical (unpaired) electrons. The summed E-state index contributed by atoms with van der Waals surface area (Å²) in [5, 5.41) is 0.145. The first-order valence-electron chi connectivity index (χ1n) is 5.37. The van der Waals surface area contributed by atoms with Crippen LogP contribution in [0.4, 0.5) is 0 Å². The van der Waals surface area contributed by atoms with Gasteiger partial charge in [0.05, 0.1) is 5.38 Å². The van der Waals surface area contributed by atoms with Gasteiger partial charge in [0, 0.05) is 0 Å². The van der Waals surface area contributed by atoms with Crippen LogP contribution in [0.5, 0.6) is 0 Å². The van der Waals surface area contributed by atoms with E-state index >= 15 is 0 Å². The highest BCUT2D eigenvalue weighted by molar-refractivity contribution is 6.22. The molecule has 0 N–H and O–H groups in total. The van der Waals surface area contributed by atoms with Crippen LogP contribution in [0.1, 0.15) is 54.9 Å². The molecule has 0 saturated heterocycles. The smallest absolute Gasteiger partial charge is 0.0593 e. The summed E-state index contributed by atoms with van der Waals surface area (Å²) in [6, 6.07) is 0. The third kappa shape index (κ3) is 4.50. The summed E-state index contributed by atoms with van der Waals surface area (Å²) in [7, 11) is 0. The van der Waals surface area contributed by atoms with E-state index in [1.54, 1.807) is 0 Å². The van der Waals surface area contributed by atoms with Crippen LogP contribution in [0.2, 0.25) is 0 Å². The molecule has 0 aromatic rings. The van der Waals surface area contributed by atoms with Gasteiger partial charge in [-0.2, -0.15) is 0 Å². The van der Waals surface area contributed by atoms with Gasteiger partial charge in [-0.1, -0.05) is 46.3 Å². The topological polar surface area (TPSA) is 0 Å². The molecule has 0 heterocycles. The van der Waals surface area contributed by atoms with Gasteiger partial charge in [-0.3, -0.25) is 0 Å². The van der Waals surface area contributed by atoms with Crippen LogP contribution in [-0.2, 0) is 0 Å². The maximum Gasteiger partial charge on any atom is 0.0593 e. The van der Waals surface area contributed by atoms with Gasteiger partial charge in [0.2, 0.25) is 0 Å². The third-order valence-corrected chi connectivity index (χ3v) is 3.46. The summed E-state index contributed by atoms with van der Waals surface area (Å²) in [5.74, 6) is 0. The van der Waals surface area contributed by atoms with Crippen LogP contribution < -0.4 is 0 Å². The van der Waals surface area contributed by atoms with Gasteiger partial charge in [-0.25, -0.2) is 0 Å². The SMILES string of the molecule is C/C=C(\C)C(Cl)C(C)(C)CC(C)(C)C. The highest BCUT2D eigenvalue weighted by Crippen LogP contribution is 2.40. The fourth-order valence-corrected chi connectivity index (χ4v) is 2.42. The fraction of sp³-hybridized carbons (Fsp3) is 0.846. The van der Waals surface area contributed by atoms with Gasteiger partial charge < -0.3 is 0 Å². The van der Waals surface area contributed by atoms with Crippen molar-refractivity contribution in [1.82, 2.24) is 0 Å². The van der Waals surface area contributed by atoms with E-state index in [4.69, 9.17) is 11.6 Å². The van der Waals surface area contributed by atoms with Gasteiger partial charge in [-0.15, -0.1) is 11.6 Å². The second-order valence-corrected chi connectivity index (χ2v) is 6.56. The normalized spacial score (nSPS) is 17.0. The zero-order valence-electron chi connectivity index (χ0n) is 10.7. The van der Waals surface area contributed by atoms with Crippen molar-refractivity contribution in [1.29, 1.82) is 0 Å². The number of hydrogen-bond acceptors (Lipinski definition) is 0. The molecule has 1 heteroatoms. The average Bonchev–Trinajstić information content (AvgIpc) is 1.97. The Hall–Kier alpha value is 0.0300. The van der Waals surface area contributed by atoms with Crippen molar-refractivity contribution in [2.24, 2.45) is 10.8 Å². The summed E-state index contributed by atoms with van der Waals surface area (Å²) >= 11 is 6.46. The van der Waals surface area contributed by atoms with Crippen LogP contribution in [0.15, 0.2) is 11.6 Å². The van der Waals surface area contributed by atoms with E-state index in [0.717, 1.165) is 6.42 Å². The van der Waals surface area contributed by atoms with Crippen molar-refractivity contribution < 1.29 is 0 Å². The number of rotatable bonds is 3. The van der Waals surface area contributed by atoms with Crippen molar-refractivity contribution in [3.63, 3.8) is 0 Å². The molecule has 14 heavy (non-hydrogen) atoms. The summed E-state index contributed by atoms with van der Waals surface area (Å²) in [4.78, 5) is 0. The van der Waals surface area contributed by atoms with Crippen LogP contribution in [-0.4, -0.2) is 5.38 Å². The van der Waals surface area contributed by atoms with Crippen LogP contribution in [0, 0.1) is 10.8 Å². The molecule has 0 aromatic heterocycles. The Kier molecular flexibility index (Phi) is 4.71. The predicted molar refractivity (Wildman–Crippen MR) is 66.9 cm³/mol. The summed E-state index contributed by atoms with van der Waals surface area (Å²) < 4.78 is 0. The summed E-state index contributed by atoms with van der Waals surface area (Å²) in [5.41, 5.74) is 1.78. The molecule has 0 aliphatic heterocycles. The van der Waals surface area contributed by atoms with E-state index in [1.165, 1.54) is 5.57 Å². The van der Waals surface area contributed by atoms with E-state index in [9.17, 15) is 0 Å². The molecule has 0 amide bonds. The largest absolute Gasteiger partial charge is 0.118 e. The van der Waals surface area contributed by atoms with E-state index in [-0.39, 0.29) is 10.8 Å². The third-order valence-electron chi connectivity index (χ3n) is 2.53. The summed E-state index contributed by atoms with van der Waals surface area (Å²) in [6.07, 6.45) is 3.25. The monoisotopic (exact) mass is 216 g/mol. The average molecular weight is 217 g/mol. The van der Waals surface area contributed by atoms with Crippen molar-refractivity contribution in [2.45, 2.75) is 60.3 Å². The Morgan fingerprint density at radius 1 is 1.21 bits per heavy atom. The lowest BCUT2D eigenvalue weighted by Crippen LogP contribution is -2.30. The molecular weight excluding hydrogens is 192 g/mol. The van der Waals surface area contributed by atoms with Gasteiger partial charge in [0.1, 0.15) is 0 Å². The van der Waals surface area contributed by atoms with Crippen LogP contribution in [0.3, 0.4) is 0 Å². The Morgan fingerprint density at radius 3 is 1.93 bits per heavy atom. The fourth-order valence-electron chi connectivity index (χ4n) is 2.22. The van der Waals surface area contributed by atoms with Crippen molar-refractivity contribution in [3.8, 4) is 0 Å². The van der Waals surface area contributed by atoms with E-state index in [0.29, 0.717) is 5.41 Å². The lowest BCUT2D eigenvalue weighted by molar-refractivity contribution is 0.215. The minimum Gasteiger partial charge on any atom is -0.118 e. The van der Waals surface area contributed by atoms with Crippen LogP contribution in [0.25, 0.3) is 0 Å². The lowest BCUT2D eigenvalue weighted by atomic mass is 9.73. The highest BCUT2D eigenvalue weighted by atomic mass is 35.5. The predicted octanol–water partition coefficient (Wildman–Crippen LogP) is 5.02. The number of alkyl halides is 1. The van der Waals surface area contributed by atoms with E-state index < -0.39 is 0 Å². The quantitative estimate of drug-likeness (QED) is 0.459. The molecule has 0 bridgehead atoms. The first kappa shape index (κ1) is 14.0. The minimum absolute atomic E-state index is 0.145. The number of halogens is 1. The summed E-state index contributed by atoms with van der Waals surface area (Å²) in [6.45, 7) is 15.5. The molecule has 0 saturated carbocycles. The number of hydrogen-bond donors (Lipinski definition) is 0. The van der Waals surface area contributed by atoms with Gasteiger partial charge in [0.25, 0.3) is 0 Å². The van der Waals surface area contributed by atoms with Crippen molar-refractivity contribution in [2.75, 3.05) is 0 Å². The standard InChI is InChI=1S/C13H25Cl/c1-8-10(2)11(14)13(6,7)9-12(3,4)5/h8,11H,9H2,1-7H3/b10-8+.